The molecule has 170 valence electrons. The van der Waals surface area contributed by atoms with Gasteiger partial charge in [-0.3, -0.25) is 19.2 Å². The second-order valence-electron chi connectivity index (χ2n) is 8.09. The highest BCUT2D eigenvalue weighted by Gasteiger charge is 2.14. The lowest BCUT2D eigenvalue weighted by Gasteiger charge is -2.09. The first-order chi connectivity index (χ1) is 16.4. The molecule has 5 aromatic rings. The van der Waals surface area contributed by atoms with Gasteiger partial charge in [-0.05, 0) is 62.4 Å². The summed E-state index contributed by atoms with van der Waals surface area (Å²) in [6.45, 7) is 4.64. The summed E-state index contributed by atoms with van der Waals surface area (Å²) in [6.07, 6.45) is 0. The molecule has 8 heteroatoms. The normalized spacial score (nSPS) is 11.4. The van der Waals surface area contributed by atoms with E-state index in [1.165, 1.54) is 0 Å². The maximum atomic E-state index is 13.3. The summed E-state index contributed by atoms with van der Waals surface area (Å²) >= 11 is 0. The fourth-order valence-corrected chi connectivity index (χ4v) is 4.25. The largest absolute Gasteiger partial charge is 0.354 e. The Bertz CT molecular complexity index is 1630. The highest BCUT2D eigenvalue weighted by molar-refractivity contribution is 6.05. The summed E-state index contributed by atoms with van der Waals surface area (Å²) in [5, 5.41) is 7.06. The maximum absolute atomic E-state index is 13.3. The van der Waals surface area contributed by atoms with Crippen LogP contribution in [0.25, 0.3) is 43.6 Å². The number of amides is 2. The lowest BCUT2D eigenvalue weighted by molar-refractivity contribution is 0.0947. The number of carbonyl (C=O) groups excluding carboxylic acids is 2. The maximum Gasteiger partial charge on any atom is 0.251 e. The molecule has 5 rings (SSSR count). The molecule has 0 atom stereocenters. The zero-order valence-electron chi connectivity index (χ0n) is 18.7. The standard InChI is InChI=1S/C26H22N4O4/c1-3-27-25(33)13-5-7-19-15(9-13)23(31)17-11-22-18(12-21(17)29-19)24(32)16-10-14(26(34)28-4-2)6-8-20(16)30-22/h5-12H,3-4H2,1-2H3,(H,27,33)(H,28,34)(H,29,31)(H,30,32). The summed E-state index contributed by atoms with van der Waals surface area (Å²) in [5.74, 6) is -0.490. The second-order valence-corrected chi connectivity index (χ2v) is 8.09. The molecule has 8 nitrogen and oxygen atoms in total. The molecule has 0 bridgehead atoms. The molecule has 0 saturated heterocycles. The molecule has 2 aromatic heterocycles. The van der Waals surface area contributed by atoms with Gasteiger partial charge in [-0.1, -0.05) is 0 Å². The highest BCUT2D eigenvalue weighted by atomic mass is 16.2. The average Bonchev–Trinajstić information content (AvgIpc) is 2.84. The van der Waals surface area contributed by atoms with Gasteiger partial charge in [-0.2, -0.15) is 0 Å². The van der Waals surface area contributed by atoms with Crippen molar-refractivity contribution < 1.29 is 9.59 Å². The van der Waals surface area contributed by atoms with Crippen molar-refractivity contribution >= 4 is 55.4 Å². The molecule has 3 aromatic carbocycles. The van der Waals surface area contributed by atoms with Crippen LogP contribution in [0.2, 0.25) is 0 Å². The Labute approximate surface area is 193 Å². The van der Waals surface area contributed by atoms with E-state index in [2.05, 4.69) is 20.6 Å². The summed E-state index contributed by atoms with van der Waals surface area (Å²) in [4.78, 5) is 57.5. The summed E-state index contributed by atoms with van der Waals surface area (Å²) < 4.78 is 0. The minimum Gasteiger partial charge on any atom is -0.354 e. The number of rotatable bonds is 4. The van der Waals surface area contributed by atoms with Crippen molar-refractivity contribution in [3.63, 3.8) is 0 Å². The van der Waals surface area contributed by atoms with Gasteiger partial charge in [-0.15, -0.1) is 0 Å². The first-order valence-electron chi connectivity index (χ1n) is 11.1. The predicted molar refractivity (Wildman–Crippen MR) is 134 cm³/mol. The quantitative estimate of drug-likeness (QED) is 0.311. The van der Waals surface area contributed by atoms with E-state index in [0.29, 0.717) is 67.8 Å². The third kappa shape index (κ3) is 3.40. The third-order valence-corrected chi connectivity index (χ3v) is 5.91. The van der Waals surface area contributed by atoms with E-state index in [0.717, 1.165) is 0 Å². The molecule has 0 spiro atoms. The fourth-order valence-electron chi connectivity index (χ4n) is 4.25. The lowest BCUT2D eigenvalue weighted by atomic mass is 10.0. The van der Waals surface area contributed by atoms with Gasteiger partial charge in [0.2, 0.25) is 0 Å². The molecule has 2 heterocycles. The number of hydrogen-bond donors (Lipinski definition) is 4. The van der Waals surface area contributed by atoms with Gasteiger partial charge < -0.3 is 20.6 Å². The minimum atomic E-state index is -0.245. The SMILES string of the molecule is CCNC(=O)c1ccc2[nH]c3cc4c(=O)c5cc(C(=O)NCC)ccc5[nH]c4cc3c(=O)c2c1. The van der Waals surface area contributed by atoms with Crippen LogP contribution < -0.4 is 21.5 Å². The van der Waals surface area contributed by atoms with E-state index in [9.17, 15) is 19.2 Å². The Kier molecular flexibility index (Phi) is 5.13. The molecule has 0 aliphatic rings. The van der Waals surface area contributed by atoms with Crippen molar-refractivity contribution in [2.45, 2.75) is 13.8 Å². The second kappa shape index (κ2) is 8.15. The van der Waals surface area contributed by atoms with E-state index in [4.69, 9.17) is 0 Å². The van der Waals surface area contributed by atoms with Crippen LogP contribution in [-0.4, -0.2) is 34.9 Å². The third-order valence-electron chi connectivity index (χ3n) is 5.91. The van der Waals surface area contributed by atoms with Crippen molar-refractivity contribution in [1.29, 1.82) is 0 Å². The van der Waals surface area contributed by atoms with Gasteiger partial charge in [-0.25, -0.2) is 0 Å². The van der Waals surface area contributed by atoms with Crippen molar-refractivity contribution in [1.82, 2.24) is 20.6 Å². The Hall–Kier alpha value is -4.46. The zero-order chi connectivity index (χ0) is 24.0. The summed E-state index contributed by atoms with van der Waals surface area (Å²) in [5.41, 5.74) is 2.51. The monoisotopic (exact) mass is 454 g/mol. The highest BCUT2D eigenvalue weighted by Crippen LogP contribution is 2.22. The number of nitrogens with one attached hydrogen (secondary N) is 4. The lowest BCUT2D eigenvalue weighted by Crippen LogP contribution is -2.22. The smallest absolute Gasteiger partial charge is 0.251 e. The molecule has 2 amide bonds. The van der Waals surface area contributed by atoms with Gasteiger partial charge >= 0.3 is 0 Å². The predicted octanol–water partition coefficient (Wildman–Crippen LogP) is 3.18. The molecule has 0 aliphatic carbocycles. The van der Waals surface area contributed by atoms with Crippen LogP contribution >= 0.6 is 0 Å². The van der Waals surface area contributed by atoms with Crippen LogP contribution in [0.15, 0.2) is 58.1 Å². The molecular weight excluding hydrogens is 432 g/mol. The molecule has 0 aliphatic heterocycles. The number of aromatic amines is 2. The molecule has 0 unspecified atom stereocenters. The molecule has 0 radical (unpaired) electrons. The number of benzene rings is 3. The van der Waals surface area contributed by atoms with Gasteiger partial charge in [0.1, 0.15) is 0 Å². The Morgan fingerprint density at radius 2 is 1.00 bits per heavy atom. The number of carbonyl (C=O) groups is 2. The molecule has 34 heavy (non-hydrogen) atoms. The van der Waals surface area contributed by atoms with Crippen molar-refractivity contribution in [3.8, 4) is 0 Å². The Morgan fingerprint density at radius 1 is 0.618 bits per heavy atom. The van der Waals surface area contributed by atoms with Crippen molar-refractivity contribution in [2.24, 2.45) is 0 Å². The summed E-state index contributed by atoms with van der Waals surface area (Å²) in [6, 6.07) is 13.1. The first-order valence-corrected chi connectivity index (χ1v) is 11.1. The van der Waals surface area contributed by atoms with E-state index in [1.807, 2.05) is 13.8 Å². The van der Waals surface area contributed by atoms with Gasteiger partial charge in [0, 0.05) is 56.8 Å². The van der Waals surface area contributed by atoms with Crippen LogP contribution in [0.5, 0.6) is 0 Å². The zero-order valence-corrected chi connectivity index (χ0v) is 18.7. The van der Waals surface area contributed by atoms with Crippen LogP contribution in [0.1, 0.15) is 34.6 Å². The van der Waals surface area contributed by atoms with Crippen molar-refractivity contribution in [2.75, 3.05) is 13.1 Å². The van der Waals surface area contributed by atoms with Crippen LogP contribution in [0, 0.1) is 0 Å². The minimum absolute atomic E-state index is 0.232. The number of pyridine rings is 2. The van der Waals surface area contributed by atoms with Gasteiger partial charge in [0.05, 0.1) is 11.0 Å². The number of H-pyrrole nitrogens is 2. The molecule has 0 fully saturated rings. The summed E-state index contributed by atoms with van der Waals surface area (Å²) in [7, 11) is 0. The van der Waals surface area contributed by atoms with Crippen LogP contribution in [0.3, 0.4) is 0 Å². The first kappa shape index (κ1) is 21.4. The number of fused-ring (bicyclic) bond motifs is 4. The fraction of sp³-hybridized carbons (Fsp3) is 0.154. The number of aromatic nitrogens is 2. The Balaban J connectivity index is 1.75. The Morgan fingerprint density at radius 3 is 1.38 bits per heavy atom. The van der Waals surface area contributed by atoms with Crippen molar-refractivity contribution in [3.05, 3.63) is 80.1 Å². The molecular formula is C26H22N4O4. The van der Waals surface area contributed by atoms with E-state index < -0.39 is 0 Å². The average molecular weight is 454 g/mol. The van der Waals surface area contributed by atoms with E-state index in [1.54, 1.807) is 48.5 Å². The van der Waals surface area contributed by atoms with E-state index >= 15 is 0 Å². The van der Waals surface area contributed by atoms with Crippen LogP contribution in [0.4, 0.5) is 0 Å². The molecule has 4 N–H and O–H groups in total. The van der Waals surface area contributed by atoms with Gasteiger partial charge in [0.25, 0.3) is 11.8 Å². The topological polar surface area (TPSA) is 124 Å². The molecule has 0 saturated carbocycles. The number of hydrogen-bond acceptors (Lipinski definition) is 4. The van der Waals surface area contributed by atoms with E-state index in [-0.39, 0.29) is 22.7 Å². The van der Waals surface area contributed by atoms with Crippen LogP contribution in [-0.2, 0) is 0 Å². The van der Waals surface area contributed by atoms with Gasteiger partial charge in [0.15, 0.2) is 10.9 Å².